The van der Waals surface area contributed by atoms with Gasteiger partial charge in [0.2, 0.25) is 0 Å². The molecule has 0 amide bonds. The summed E-state index contributed by atoms with van der Waals surface area (Å²) in [5.74, 6) is 0.732. The molecule has 0 saturated heterocycles. The second kappa shape index (κ2) is 7.11. The maximum absolute atomic E-state index is 12.3. The van der Waals surface area contributed by atoms with Gasteiger partial charge in [0.05, 0.1) is 0 Å². The molecule has 0 aliphatic heterocycles. The summed E-state index contributed by atoms with van der Waals surface area (Å²) in [6.45, 7) is 8.15. The molecular formula is C16H29N3O. The number of rotatable bonds is 7. The zero-order valence-corrected chi connectivity index (χ0v) is 13.1. The van der Waals surface area contributed by atoms with Crippen molar-refractivity contribution in [1.82, 2.24) is 14.5 Å². The van der Waals surface area contributed by atoms with Gasteiger partial charge in [0, 0.05) is 31.0 Å². The van der Waals surface area contributed by atoms with Crippen LogP contribution in [0.1, 0.15) is 58.9 Å². The van der Waals surface area contributed by atoms with Gasteiger partial charge < -0.3 is 5.32 Å². The van der Waals surface area contributed by atoms with Crippen LogP contribution in [0, 0.1) is 5.92 Å². The standard InChI is InChI=1S/C16H29N3O/c1-4-9-17-15(14-7-5-6-8-14)12-18-10-11-19(13(2)3)16(18)20/h10-11,13-15,17H,4-9,12H2,1-3H3. The molecule has 1 heterocycles. The van der Waals surface area contributed by atoms with Crippen LogP contribution in [0.4, 0.5) is 0 Å². The van der Waals surface area contributed by atoms with Crippen molar-refractivity contribution in [2.24, 2.45) is 5.92 Å². The van der Waals surface area contributed by atoms with Gasteiger partial charge in [-0.25, -0.2) is 4.79 Å². The first-order valence-corrected chi connectivity index (χ1v) is 8.14. The van der Waals surface area contributed by atoms with Crippen molar-refractivity contribution in [3.8, 4) is 0 Å². The third-order valence-electron chi connectivity index (χ3n) is 4.45. The van der Waals surface area contributed by atoms with Gasteiger partial charge in [-0.1, -0.05) is 19.8 Å². The zero-order valence-electron chi connectivity index (χ0n) is 13.1. The Balaban J connectivity index is 2.08. The molecule has 0 spiro atoms. The maximum Gasteiger partial charge on any atom is 0.328 e. The lowest BCUT2D eigenvalue weighted by Crippen LogP contribution is -2.41. The van der Waals surface area contributed by atoms with Gasteiger partial charge >= 0.3 is 5.69 Å². The number of hydrogen-bond acceptors (Lipinski definition) is 2. The molecule has 1 aliphatic carbocycles. The molecule has 0 bridgehead atoms. The Hall–Kier alpha value is -1.03. The van der Waals surface area contributed by atoms with Gasteiger partial charge in [-0.2, -0.15) is 0 Å². The molecule has 1 atom stereocenters. The van der Waals surface area contributed by atoms with Crippen LogP contribution in [0.25, 0.3) is 0 Å². The van der Waals surface area contributed by atoms with E-state index in [0.717, 1.165) is 25.4 Å². The molecule has 4 heteroatoms. The molecule has 1 N–H and O–H groups in total. The molecule has 1 aromatic rings. The van der Waals surface area contributed by atoms with E-state index in [1.165, 1.54) is 25.7 Å². The van der Waals surface area contributed by atoms with Gasteiger partial charge in [-0.3, -0.25) is 9.13 Å². The third kappa shape index (κ3) is 3.54. The molecule has 1 aliphatic rings. The SMILES string of the molecule is CCCNC(Cn1ccn(C(C)C)c1=O)C1CCCC1. The Morgan fingerprint density at radius 1 is 1.30 bits per heavy atom. The highest BCUT2D eigenvalue weighted by molar-refractivity contribution is 4.88. The Kier molecular flexibility index (Phi) is 5.46. The molecular weight excluding hydrogens is 250 g/mol. The fraction of sp³-hybridized carbons (Fsp3) is 0.812. The van der Waals surface area contributed by atoms with Crippen molar-refractivity contribution in [1.29, 1.82) is 0 Å². The normalized spacial score (nSPS) is 18.0. The summed E-state index contributed by atoms with van der Waals surface area (Å²) in [5, 5.41) is 3.66. The van der Waals surface area contributed by atoms with Crippen molar-refractivity contribution >= 4 is 0 Å². The van der Waals surface area contributed by atoms with E-state index in [-0.39, 0.29) is 11.7 Å². The van der Waals surface area contributed by atoms with Crippen LogP contribution in [0.3, 0.4) is 0 Å². The van der Waals surface area contributed by atoms with E-state index in [4.69, 9.17) is 0 Å². The summed E-state index contributed by atoms with van der Waals surface area (Å²) in [6, 6.07) is 0.676. The molecule has 1 unspecified atom stereocenters. The minimum Gasteiger partial charge on any atom is -0.312 e. The lowest BCUT2D eigenvalue weighted by molar-refractivity contribution is 0.318. The van der Waals surface area contributed by atoms with E-state index in [2.05, 4.69) is 26.1 Å². The van der Waals surface area contributed by atoms with E-state index in [1.807, 2.05) is 21.5 Å². The molecule has 4 nitrogen and oxygen atoms in total. The quantitative estimate of drug-likeness (QED) is 0.833. The fourth-order valence-corrected chi connectivity index (χ4v) is 3.24. The second-order valence-corrected chi connectivity index (χ2v) is 6.34. The summed E-state index contributed by atoms with van der Waals surface area (Å²) in [7, 11) is 0. The lowest BCUT2D eigenvalue weighted by atomic mass is 9.98. The van der Waals surface area contributed by atoms with Crippen LogP contribution in [-0.2, 0) is 6.54 Å². The highest BCUT2D eigenvalue weighted by Gasteiger charge is 2.25. The zero-order chi connectivity index (χ0) is 14.5. The van der Waals surface area contributed by atoms with Gasteiger partial charge in [-0.05, 0) is 45.6 Å². The number of nitrogens with zero attached hydrogens (tertiary/aromatic N) is 2. The molecule has 0 aromatic carbocycles. The molecule has 20 heavy (non-hydrogen) atoms. The first kappa shape index (κ1) is 15.4. The molecule has 1 saturated carbocycles. The molecule has 114 valence electrons. The Labute approximate surface area is 122 Å². The average molecular weight is 279 g/mol. The van der Waals surface area contributed by atoms with E-state index in [0.29, 0.717) is 6.04 Å². The first-order valence-electron chi connectivity index (χ1n) is 8.14. The predicted octanol–water partition coefficient (Wildman–Crippen LogP) is 2.79. The van der Waals surface area contributed by atoms with E-state index >= 15 is 0 Å². The fourth-order valence-electron chi connectivity index (χ4n) is 3.24. The van der Waals surface area contributed by atoms with Gasteiger partial charge in [-0.15, -0.1) is 0 Å². The first-order chi connectivity index (χ1) is 9.63. The summed E-state index contributed by atoms with van der Waals surface area (Å²) in [6.07, 6.45) is 10.3. The smallest absolute Gasteiger partial charge is 0.312 e. The molecule has 1 fully saturated rings. The monoisotopic (exact) mass is 279 g/mol. The van der Waals surface area contributed by atoms with Crippen LogP contribution in [-0.4, -0.2) is 21.7 Å². The van der Waals surface area contributed by atoms with Gasteiger partial charge in [0.15, 0.2) is 0 Å². The summed E-state index contributed by atoms with van der Waals surface area (Å²) in [4.78, 5) is 12.3. The van der Waals surface area contributed by atoms with Crippen LogP contribution in [0.2, 0.25) is 0 Å². The van der Waals surface area contributed by atoms with Crippen LogP contribution < -0.4 is 11.0 Å². The van der Waals surface area contributed by atoms with E-state index in [1.54, 1.807) is 0 Å². The number of hydrogen-bond donors (Lipinski definition) is 1. The molecule has 1 aromatic heterocycles. The Morgan fingerprint density at radius 3 is 2.55 bits per heavy atom. The van der Waals surface area contributed by atoms with Crippen molar-refractivity contribution in [2.75, 3.05) is 6.54 Å². The third-order valence-corrected chi connectivity index (χ3v) is 4.45. The Morgan fingerprint density at radius 2 is 2.00 bits per heavy atom. The van der Waals surface area contributed by atoms with Crippen molar-refractivity contribution in [3.63, 3.8) is 0 Å². The van der Waals surface area contributed by atoms with E-state index in [9.17, 15) is 4.79 Å². The number of aromatic nitrogens is 2. The van der Waals surface area contributed by atoms with E-state index < -0.39 is 0 Å². The summed E-state index contributed by atoms with van der Waals surface area (Å²) >= 11 is 0. The Bertz CT molecular complexity index is 455. The number of imidazole rings is 1. The highest BCUT2D eigenvalue weighted by atomic mass is 16.1. The van der Waals surface area contributed by atoms with Crippen LogP contribution >= 0.6 is 0 Å². The molecule has 0 radical (unpaired) electrons. The highest BCUT2D eigenvalue weighted by Crippen LogP contribution is 2.28. The van der Waals surface area contributed by atoms with Crippen molar-refractivity contribution in [2.45, 2.75) is 71.5 Å². The summed E-state index contributed by atoms with van der Waals surface area (Å²) in [5.41, 5.74) is 0.126. The second-order valence-electron chi connectivity index (χ2n) is 6.34. The molecule has 2 rings (SSSR count). The minimum absolute atomic E-state index is 0.126. The number of nitrogens with one attached hydrogen (secondary N) is 1. The summed E-state index contributed by atoms with van der Waals surface area (Å²) < 4.78 is 3.69. The topological polar surface area (TPSA) is 39.0 Å². The average Bonchev–Trinajstić information content (AvgIpc) is 3.04. The van der Waals surface area contributed by atoms with Crippen LogP contribution in [0.5, 0.6) is 0 Å². The van der Waals surface area contributed by atoms with Crippen LogP contribution in [0.15, 0.2) is 17.2 Å². The minimum atomic E-state index is 0.126. The van der Waals surface area contributed by atoms with Gasteiger partial charge in [0.1, 0.15) is 0 Å². The lowest BCUT2D eigenvalue weighted by Gasteiger charge is -2.25. The van der Waals surface area contributed by atoms with Crippen molar-refractivity contribution < 1.29 is 0 Å². The maximum atomic E-state index is 12.3. The predicted molar refractivity (Wildman–Crippen MR) is 83.1 cm³/mol. The van der Waals surface area contributed by atoms with Crippen molar-refractivity contribution in [3.05, 3.63) is 22.9 Å². The largest absolute Gasteiger partial charge is 0.328 e. The van der Waals surface area contributed by atoms with Gasteiger partial charge in [0.25, 0.3) is 0 Å².